The molecule has 1 rings (SSSR count). The minimum absolute atomic E-state index is 0.664. The van der Waals surface area contributed by atoms with Crippen LogP contribution in [0.5, 0.6) is 0 Å². The number of nitrogens with zero attached hydrogens (tertiary/aromatic N) is 1. The average Bonchev–Trinajstić information content (AvgIpc) is 2.25. The van der Waals surface area contributed by atoms with Gasteiger partial charge in [-0.2, -0.15) is 0 Å². The number of ether oxygens (including phenoxy) is 1. The highest BCUT2D eigenvalue weighted by Crippen LogP contribution is 2.15. The van der Waals surface area contributed by atoms with Crippen LogP contribution in [0, 0.1) is 5.92 Å². The molecule has 0 spiro atoms. The molecule has 0 aromatic rings. The lowest BCUT2D eigenvalue weighted by atomic mass is 9.98. The van der Waals surface area contributed by atoms with Gasteiger partial charge in [0.15, 0.2) is 0 Å². The van der Waals surface area contributed by atoms with Crippen LogP contribution in [0.15, 0.2) is 0 Å². The first-order valence-corrected chi connectivity index (χ1v) is 6.15. The highest BCUT2D eigenvalue weighted by Gasteiger charge is 2.28. The van der Waals surface area contributed by atoms with E-state index in [0.29, 0.717) is 18.0 Å². The van der Waals surface area contributed by atoms with Crippen molar-refractivity contribution in [3.8, 4) is 0 Å². The highest BCUT2D eigenvalue weighted by molar-refractivity contribution is 4.87. The van der Waals surface area contributed by atoms with Gasteiger partial charge in [0.05, 0.1) is 6.61 Å². The summed E-state index contributed by atoms with van der Waals surface area (Å²) in [6, 6.07) is 1.33. The van der Waals surface area contributed by atoms with Crippen molar-refractivity contribution in [2.75, 3.05) is 33.4 Å². The van der Waals surface area contributed by atoms with E-state index in [-0.39, 0.29) is 0 Å². The first kappa shape index (κ1) is 12.9. The normalized spacial score (nSPS) is 28.6. The molecule has 15 heavy (non-hydrogen) atoms. The summed E-state index contributed by atoms with van der Waals surface area (Å²) in [6.45, 7) is 11.1. The maximum atomic E-state index is 5.18. The lowest BCUT2D eigenvalue weighted by Crippen LogP contribution is -2.58. The van der Waals surface area contributed by atoms with Crippen LogP contribution in [0.25, 0.3) is 0 Å². The summed E-state index contributed by atoms with van der Waals surface area (Å²) in [4.78, 5) is 2.58. The summed E-state index contributed by atoms with van der Waals surface area (Å²) in [5.74, 6) is 0.715. The van der Waals surface area contributed by atoms with Crippen LogP contribution in [-0.4, -0.2) is 50.3 Å². The molecule has 1 N–H and O–H groups in total. The highest BCUT2D eigenvalue weighted by atomic mass is 16.5. The SMILES string of the molecule is CCC1CN(CCOC)C(C(C)C)CN1. The van der Waals surface area contributed by atoms with E-state index < -0.39 is 0 Å². The van der Waals surface area contributed by atoms with Crippen LogP contribution in [0.3, 0.4) is 0 Å². The van der Waals surface area contributed by atoms with Gasteiger partial charge in [0.25, 0.3) is 0 Å². The molecule has 0 aliphatic carbocycles. The molecule has 1 heterocycles. The van der Waals surface area contributed by atoms with Crippen molar-refractivity contribution in [3.05, 3.63) is 0 Å². The Bertz CT molecular complexity index is 173. The van der Waals surface area contributed by atoms with Gasteiger partial charge in [-0.15, -0.1) is 0 Å². The van der Waals surface area contributed by atoms with Gasteiger partial charge in [-0.25, -0.2) is 0 Å². The van der Waals surface area contributed by atoms with Crippen LogP contribution in [0.4, 0.5) is 0 Å². The van der Waals surface area contributed by atoms with Gasteiger partial charge < -0.3 is 10.1 Å². The van der Waals surface area contributed by atoms with Crippen molar-refractivity contribution in [1.82, 2.24) is 10.2 Å². The van der Waals surface area contributed by atoms with Crippen molar-refractivity contribution in [1.29, 1.82) is 0 Å². The lowest BCUT2D eigenvalue weighted by Gasteiger charge is -2.42. The lowest BCUT2D eigenvalue weighted by molar-refractivity contribution is 0.0653. The predicted octanol–water partition coefficient (Wildman–Crippen LogP) is 1.34. The summed E-state index contributed by atoms with van der Waals surface area (Å²) >= 11 is 0. The second kappa shape index (κ2) is 6.46. The first-order chi connectivity index (χ1) is 7.19. The number of nitrogens with one attached hydrogen (secondary N) is 1. The quantitative estimate of drug-likeness (QED) is 0.747. The first-order valence-electron chi connectivity index (χ1n) is 6.15. The molecule has 1 saturated heterocycles. The largest absolute Gasteiger partial charge is 0.383 e. The zero-order valence-electron chi connectivity index (χ0n) is 10.6. The summed E-state index contributed by atoms with van der Waals surface area (Å²) in [6.07, 6.45) is 1.22. The smallest absolute Gasteiger partial charge is 0.0589 e. The molecular weight excluding hydrogens is 188 g/mol. The molecule has 90 valence electrons. The fourth-order valence-electron chi connectivity index (χ4n) is 2.30. The number of piperazine rings is 1. The molecule has 1 aliphatic heterocycles. The third-order valence-electron chi connectivity index (χ3n) is 3.38. The molecule has 2 unspecified atom stereocenters. The van der Waals surface area contributed by atoms with E-state index in [1.807, 2.05) is 0 Å². The van der Waals surface area contributed by atoms with Crippen LogP contribution in [0.1, 0.15) is 27.2 Å². The summed E-state index contributed by atoms with van der Waals surface area (Å²) < 4.78 is 5.18. The minimum atomic E-state index is 0.664. The second-order valence-corrected chi connectivity index (χ2v) is 4.81. The van der Waals surface area contributed by atoms with Crippen LogP contribution in [-0.2, 0) is 4.74 Å². The molecule has 0 saturated carbocycles. The molecule has 0 aromatic heterocycles. The van der Waals surface area contributed by atoms with E-state index in [9.17, 15) is 0 Å². The number of hydrogen-bond acceptors (Lipinski definition) is 3. The molecule has 3 heteroatoms. The molecule has 2 atom stereocenters. The van der Waals surface area contributed by atoms with Crippen molar-refractivity contribution in [2.24, 2.45) is 5.92 Å². The van der Waals surface area contributed by atoms with E-state index in [2.05, 4.69) is 31.0 Å². The molecule has 0 radical (unpaired) electrons. The van der Waals surface area contributed by atoms with Crippen molar-refractivity contribution in [2.45, 2.75) is 39.3 Å². The Kier molecular flexibility index (Phi) is 5.58. The minimum Gasteiger partial charge on any atom is -0.383 e. The Hall–Kier alpha value is -0.120. The fourth-order valence-corrected chi connectivity index (χ4v) is 2.30. The Balaban J connectivity index is 2.48. The van der Waals surface area contributed by atoms with Crippen LogP contribution in [0.2, 0.25) is 0 Å². The predicted molar refractivity (Wildman–Crippen MR) is 64.2 cm³/mol. The third kappa shape index (κ3) is 3.74. The van der Waals surface area contributed by atoms with Crippen molar-refractivity contribution >= 4 is 0 Å². The van der Waals surface area contributed by atoms with E-state index >= 15 is 0 Å². The third-order valence-corrected chi connectivity index (χ3v) is 3.38. The van der Waals surface area contributed by atoms with Gasteiger partial charge >= 0.3 is 0 Å². The van der Waals surface area contributed by atoms with Gasteiger partial charge in [0.1, 0.15) is 0 Å². The van der Waals surface area contributed by atoms with Gasteiger partial charge in [0.2, 0.25) is 0 Å². The van der Waals surface area contributed by atoms with Gasteiger partial charge in [-0.3, -0.25) is 4.90 Å². The van der Waals surface area contributed by atoms with Crippen LogP contribution >= 0.6 is 0 Å². The van der Waals surface area contributed by atoms with Crippen molar-refractivity contribution < 1.29 is 4.74 Å². The van der Waals surface area contributed by atoms with E-state index in [1.165, 1.54) is 13.0 Å². The number of methoxy groups -OCH3 is 1. The number of rotatable bonds is 5. The summed E-state index contributed by atoms with van der Waals surface area (Å²) in [7, 11) is 1.78. The van der Waals surface area contributed by atoms with Gasteiger partial charge in [0, 0.05) is 38.8 Å². The molecule has 1 aliphatic rings. The molecule has 0 bridgehead atoms. The maximum Gasteiger partial charge on any atom is 0.0589 e. The van der Waals surface area contributed by atoms with Gasteiger partial charge in [-0.1, -0.05) is 20.8 Å². The maximum absolute atomic E-state index is 5.18. The second-order valence-electron chi connectivity index (χ2n) is 4.81. The Morgan fingerprint density at radius 3 is 2.73 bits per heavy atom. The van der Waals surface area contributed by atoms with E-state index in [0.717, 1.165) is 19.7 Å². The molecule has 3 nitrogen and oxygen atoms in total. The van der Waals surface area contributed by atoms with E-state index in [4.69, 9.17) is 4.74 Å². The van der Waals surface area contributed by atoms with E-state index in [1.54, 1.807) is 7.11 Å². The summed E-state index contributed by atoms with van der Waals surface area (Å²) in [5.41, 5.74) is 0. The van der Waals surface area contributed by atoms with Gasteiger partial charge in [-0.05, 0) is 12.3 Å². The molecular formula is C12H26N2O. The topological polar surface area (TPSA) is 24.5 Å². The Labute approximate surface area is 94.2 Å². The molecule has 1 fully saturated rings. The standard InChI is InChI=1S/C12H26N2O/c1-5-11-9-14(6-7-15-4)12(8-13-11)10(2)3/h10-13H,5-9H2,1-4H3. The zero-order chi connectivity index (χ0) is 11.3. The molecule has 0 amide bonds. The summed E-state index contributed by atoms with van der Waals surface area (Å²) in [5, 5.41) is 3.62. The zero-order valence-corrected chi connectivity index (χ0v) is 10.6. The number of hydrogen-bond donors (Lipinski definition) is 1. The monoisotopic (exact) mass is 214 g/mol. The average molecular weight is 214 g/mol. The molecule has 0 aromatic carbocycles. The fraction of sp³-hybridized carbons (Fsp3) is 1.00. The Morgan fingerprint density at radius 2 is 2.20 bits per heavy atom. The Morgan fingerprint density at radius 1 is 1.47 bits per heavy atom. The van der Waals surface area contributed by atoms with Crippen LogP contribution < -0.4 is 5.32 Å². The van der Waals surface area contributed by atoms with Crippen molar-refractivity contribution in [3.63, 3.8) is 0 Å².